The summed E-state index contributed by atoms with van der Waals surface area (Å²) in [6.45, 7) is 0.686. The Kier molecular flexibility index (Phi) is 4.12. The molecule has 0 atom stereocenters. The molecule has 0 aliphatic carbocycles. The van der Waals surface area contributed by atoms with E-state index >= 15 is 0 Å². The van der Waals surface area contributed by atoms with Crippen molar-refractivity contribution in [2.24, 2.45) is 0 Å². The van der Waals surface area contributed by atoms with Gasteiger partial charge < -0.3 is 16.4 Å². The van der Waals surface area contributed by atoms with Gasteiger partial charge >= 0.3 is 0 Å². The second-order valence-corrected chi connectivity index (χ2v) is 4.05. The Labute approximate surface area is 111 Å². The molecule has 4 N–H and O–H groups in total. The Bertz CT molecular complexity index is 541. The fraction of sp³-hybridized carbons (Fsp3) is 0.231. The summed E-state index contributed by atoms with van der Waals surface area (Å²) in [5.74, 6) is 1.32. The second-order valence-electron chi connectivity index (χ2n) is 4.05. The Hall–Kier alpha value is -2.37. The van der Waals surface area contributed by atoms with Crippen LogP contribution in [0.25, 0.3) is 0 Å². The van der Waals surface area contributed by atoms with Crippen molar-refractivity contribution < 1.29 is 4.39 Å². The molecule has 0 aliphatic rings. The zero-order valence-electron chi connectivity index (χ0n) is 10.7. The molecule has 0 amide bonds. The Morgan fingerprint density at radius 3 is 2.53 bits per heavy atom. The van der Waals surface area contributed by atoms with E-state index in [1.165, 1.54) is 12.1 Å². The molecule has 0 saturated heterocycles. The van der Waals surface area contributed by atoms with Gasteiger partial charge in [-0.3, -0.25) is 0 Å². The highest BCUT2D eigenvalue weighted by Crippen LogP contribution is 2.12. The number of hydrogen-bond acceptors (Lipinski definition) is 5. The van der Waals surface area contributed by atoms with Crippen LogP contribution in [0.4, 0.5) is 22.0 Å². The third-order valence-corrected chi connectivity index (χ3v) is 2.63. The van der Waals surface area contributed by atoms with Crippen molar-refractivity contribution in [1.82, 2.24) is 9.97 Å². The first-order valence-electron chi connectivity index (χ1n) is 5.98. The average molecular weight is 261 g/mol. The first-order valence-corrected chi connectivity index (χ1v) is 5.98. The molecule has 6 heteroatoms. The van der Waals surface area contributed by atoms with Crippen LogP contribution in [0.2, 0.25) is 0 Å². The first-order chi connectivity index (χ1) is 9.17. The van der Waals surface area contributed by atoms with Crippen molar-refractivity contribution in [1.29, 1.82) is 0 Å². The van der Waals surface area contributed by atoms with Crippen LogP contribution in [-0.4, -0.2) is 23.6 Å². The Balaban J connectivity index is 1.92. The lowest BCUT2D eigenvalue weighted by atomic mass is 10.1. The van der Waals surface area contributed by atoms with Crippen molar-refractivity contribution in [2.45, 2.75) is 6.42 Å². The van der Waals surface area contributed by atoms with E-state index in [1.807, 2.05) is 0 Å². The van der Waals surface area contributed by atoms with Crippen molar-refractivity contribution >= 4 is 17.6 Å². The molecule has 0 unspecified atom stereocenters. The molecule has 1 aromatic carbocycles. The fourth-order valence-corrected chi connectivity index (χ4v) is 1.67. The molecule has 0 fully saturated rings. The van der Waals surface area contributed by atoms with E-state index in [2.05, 4.69) is 20.6 Å². The number of nitrogen functional groups attached to an aromatic ring is 1. The first kappa shape index (κ1) is 13.1. The number of anilines is 3. The largest absolute Gasteiger partial charge is 0.373 e. The molecular formula is C13H16FN5. The third-order valence-electron chi connectivity index (χ3n) is 2.63. The quantitative estimate of drug-likeness (QED) is 0.766. The van der Waals surface area contributed by atoms with Gasteiger partial charge in [-0.2, -0.15) is 9.97 Å². The second kappa shape index (κ2) is 5.99. The molecule has 2 aromatic rings. The molecule has 19 heavy (non-hydrogen) atoms. The van der Waals surface area contributed by atoms with Crippen LogP contribution >= 0.6 is 0 Å². The lowest BCUT2D eigenvalue weighted by molar-refractivity contribution is 0.627. The smallest absolute Gasteiger partial charge is 0.223 e. The predicted octanol–water partition coefficient (Wildman–Crippen LogP) is 1.89. The van der Waals surface area contributed by atoms with Gasteiger partial charge in [0.15, 0.2) is 0 Å². The molecule has 5 nitrogen and oxygen atoms in total. The zero-order chi connectivity index (χ0) is 13.7. The van der Waals surface area contributed by atoms with Gasteiger partial charge in [0.25, 0.3) is 0 Å². The van der Waals surface area contributed by atoms with Gasteiger partial charge in [0.1, 0.15) is 17.5 Å². The van der Waals surface area contributed by atoms with E-state index in [4.69, 9.17) is 5.73 Å². The van der Waals surface area contributed by atoms with Crippen LogP contribution in [-0.2, 0) is 6.42 Å². The third kappa shape index (κ3) is 3.80. The summed E-state index contributed by atoms with van der Waals surface area (Å²) in [4.78, 5) is 8.08. The summed E-state index contributed by atoms with van der Waals surface area (Å²) < 4.78 is 12.7. The molecule has 1 aromatic heterocycles. The summed E-state index contributed by atoms with van der Waals surface area (Å²) in [6.07, 6.45) is 0.777. The molecule has 2 rings (SSSR count). The summed E-state index contributed by atoms with van der Waals surface area (Å²) in [6, 6.07) is 8.23. The fourth-order valence-electron chi connectivity index (χ4n) is 1.67. The average Bonchev–Trinajstić information content (AvgIpc) is 2.40. The zero-order valence-corrected chi connectivity index (χ0v) is 10.7. The predicted molar refractivity (Wildman–Crippen MR) is 74.6 cm³/mol. The monoisotopic (exact) mass is 261 g/mol. The van der Waals surface area contributed by atoms with Crippen LogP contribution in [0.3, 0.4) is 0 Å². The highest BCUT2D eigenvalue weighted by atomic mass is 19.1. The van der Waals surface area contributed by atoms with Crippen molar-refractivity contribution in [3.05, 3.63) is 41.7 Å². The molecule has 0 radical (unpaired) electrons. The number of benzene rings is 1. The van der Waals surface area contributed by atoms with E-state index in [-0.39, 0.29) is 11.8 Å². The van der Waals surface area contributed by atoms with Crippen molar-refractivity contribution in [3.8, 4) is 0 Å². The number of nitrogens with one attached hydrogen (secondary N) is 2. The van der Waals surface area contributed by atoms with Gasteiger partial charge in [0.05, 0.1) is 0 Å². The van der Waals surface area contributed by atoms with E-state index in [9.17, 15) is 4.39 Å². The minimum Gasteiger partial charge on any atom is -0.373 e. The van der Waals surface area contributed by atoms with Crippen LogP contribution < -0.4 is 16.4 Å². The minimum atomic E-state index is -0.223. The molecule has 0 spiro atoms. The van der Waals surface area contributed by atoms with Gasteiger partial charge in [-0.25, -0.2) is 4.39 Å². The van der Waals surface area contributed by atoms with Gasteiger partial charge in [0.2, 0.25) is 5.95 Å². The van der Waals surface area contributed by atoms with Crippen LogP contribution in [0.15, 0.2) is 30.3 Å². The molecule has 0 saturated carbocycles. The highest BCUT2D eigenvalue weighted by Gasteiger charge is 2.01. The number of rotatable bonds is 5. The number of nitrogens with zero attached hydrogens (tertiary/aromatic N) is 2. The van der Waals surface area contributed by atoms with E-state index in [0.717, 1.165) is 12.0 Å². The highest BCUT2D eigenvalue weighted by molar-refractivity contribution is 5.50. The van der Waals surface area contributed by atoms with Gasteiger partial charge in [-0.05, 0) is 24.1 Å². The minimum absolute atomic E-state index is 0.219. The lowest BCUT2D eigenvalue weighted by Gasteiger charge is -2.08. The maximum absolute atomic E-state index is 12.7. The maximum Gasteiger partial charge on any atom is 0.223 e. The Morgan fingerprint density at radius 1 is 1.16 bits per heavy atom. The van der Waals surface area contributed by atoms with Crippen LogP contribution in [0.1, 0.15) is 5.56 Å². The maximum atomic E-state index is 12.7. The van der Waals surface area contributed by atoms with Crippen molar-refractivity contribution in [2.75, 3.05) is 30.0 Å². The van der Waals surface area contributed by atoms with Gasteiger partial charge in [-0.1, -0.05) is 12.1 Å². The number of halogens is 1. The van der Waals surface area contributed by atoms with Crippen LogP contribution in [0, 0.1) is 5.82 Å². The summed E-state index contributed by atoms with van der Waals surface area (Å²) >= 11 is 0. The molecule has 1 heterocycles. The van der Waals surface area contributed by atoms with Crippen molar-refractivity contribution in [3.63, 3.8) is 0 Å². The molecule has 0 aliphatic heterocycles. The summed E-state index contributed by atoms with van der Waals surface area (Å²) in [7, 11) is 1.77. The van der Waals surface area contributed by atoms with Gasteiger partial charge in [-0.15, -0.1) is 0 Å². The standard InChI is InChI=1S/C13H16FN5/c1-16-11-8-12(19-13(15)18-11)17-7-6-9-2-4-10(14)5-3-9/h2-5,8H,6-7H2,1H3,(H4,15,16,17,18,19). The topological polar surface area (TPSA) is 75.9 Å². The van der Waals surface area contributed by atoms with E-state index in [0.29, 0.717) is 18.2 Å². The number of aromatic nitrogens is 2. The SMILES string of the molecule is CNc1cc(NCCc2ccc(F)cc2)nc(N)n1. The molecular weight excluding hydrogens is 245 g/mol. The summed E-state index contributed by atoms with van der Waals surface area (Å²) in [5, 5.41) is 6.07. The van der Waals surface area contributed by atoms with Gasteiger partial charge in [0, 0.05) is 19.7 Å². The molecule has 100 valence electrons. The van der Waals surface area contributed by atoms with Crippen LogP contribution in [0.5, 0.6) is 0 Å². The number of hydrogen-bond donors (Lipinski definition) is 3. The Morgan fingerprint density at radius 2 is 1.84 bits per heavy atom. The molecule has 0 bridgehead atoms. The van der Waals surface area contributed by atoms with E-state index in [1.54, 1.807) is 25.2 Å². The lowest BCUT2D eigenvalue weighted by Crippen LogP contribution is -2.09. The summed E-state index contributed by atoms with van der Waals surface area (Å²) in [5.41, 5.74) is 6.65. The normalized spacial score (nSPS) is 10.2. The number of nitrogens with two attached hydrogens (primary N) is 1. The van der Waals surface area contributed by atoms with E-state index < -0.39 is 0 Å².